The van der Waals surface area contributed by atoms with Crippen molar-refractivity contribution in [3.63, 3.8) is 0 Å². The number of benzene rings is 2. The van der Waals surface area contributed by atoms with E-state index in [4.69, 9.17) is 4.74 Å². The van der Waals surface area contributed by atoms with Crippen molar-refractivity contribution in [1.29, 1.82) is 0 Å². The number of anilines is 1. The van der Waals surface area contributed by atoms with Crippen molar-refractivity contribution in [3.8, 4) is 5.75 Å². The van der Waals surface area contributed by atoms with Gasteiger partial charge in [0.2, 0.25) is 0 Å². The van der Waals surface area contributed by atoms with E-state index < -0.39 is 0 Å². The highest BCUT2D eigenvalue weighted by atomic mass is 16.5. The second kappa shape index (κ2) is 10.8. The molecule has 7 nitrogen and oxygen atoms in total. The van der Waals surface area contributed by atoms with Crippen LogP contribution in [0.5, 0.6) is 5.75 Å². The Kier molecular flexibility index (Phi) is 7.87. The molecule has 0 fully saturated rings. The Bertz CT molecular complexity index is 1130. The van der Waals surface area contributed by atoms with E-state index in [1.807, 2.05) is 65.0 Å². The molecule has 7 heteroatoms. The van der Waals surface area contributed by atoms with Crippen molar-refractivity contribution in [1.82, 2.24) is 15.1 Å². The minimum absolute atomic E-state index is 0.209. The number of aryl methyl sites for hydroxylation is 3. The first-order valence-electron chi connectivity index (χ1n) is 11.2. The van der Waals surface area contributed by atoms with Crippen LogP contribution in [0.15, 0.2) is 48.7 Å². The molecular weight excluding hydrogens is 416 g/mol. The summed E-state index contributed by atoms with van der Waals surface area (Å²) in [6, 6.07) is 13.3. The molecule has 0 spiro atoms. The van der Waals surface area contributed by atoms with E-state index in [0.29, 0.717) is 36.9 Å². The van der Waals surface area contributed by atoms with Gasteiger partial charge in [0.1, 0.15) is 12.4 Å². The summed E-state index contributed by atoms with van der Waals surface area (Å²) < 4.78 is 7.61. The van der Waals surface area contributed by atoms with Crippen LogP contribution in [0.4, 0.5) is 5.69 Å². The zero-order valence-electron chi connectivity index (χ0n) is 19.9. The summed E-state index contributed by atoms with van der Waals surface area (Å²) in [5.41, 5.74) is 4.15. The highest BCUT2D eigenvalue weighted by Gasteiger charge is 2.19. The van der Waals surface area contributed by atoms with E-state index in [2.05, 4.69) is 15.7 Å². The van der Waals surface area contributed by atoms with Crippen LogP contribution in [0, 0.1) is 19.8 Å². The molecule has 0 bridgehead atoms. The summed E-state index contributed by atoms with van der Waals surface area (Å²) >= 11 is 0. The molecule has 0 unspecified atom stereocenters. The van der Waals surface area contributed by atoms with Gasteiger partial charge in [-0.25, -0.2) is 0 Å². The number of carbonyl (C=O) groups excluding carboxylic acids is 2. The largest absolute Gasteiger partial charge is 0.489 e. The number of carbonyl (C=O) groups is 2. The second-order valence-corrected chi connectivity index (χ2v) is 8.56. The number of aromatic nitrogens is 2. The van der Waals surface area contributed by atoms with Crippen molar-refractivity contribution in [2.75, 3.05) is 11.9 Å². The van der Waals surface area contributed by atoms with Gasteiger partial charge in [-0.1, -0.05) is 38.1 Å². The first kappa shape index (κ1) is 24.0. The van der Waals surface area contributed by atoms with Crippen LogP contribution in [0.2, 0.25) is 0 Å². The summed E-state index contributed by atoms with van der Waals surface area (Å²) in [5, 5.41) is 10.0. The molecule has 33 heavy (non-hydrogen) atoms. The lowest BCUT2D eigenvalue weighted by atomic mass is 10.1. The summed E-state index contributed by atoms with van der Waals surface area (Å²) in [4.78, 5) is 25.5. The Balaban J connectivity index is 1.72. The van der Waals surface area contributed by atoms with Crippen LogP contribution < -0.4 is 15.4 Å². The molecule has 3 aromatic rings. The number of ether oxygens (including phenoxy) is 1. The molecule has 0 saturated carbocycles. The van der Waals surface area contributed by atoms with Gasteiger partial charge in [-0.3, -0.25) is 14.3 Å². The van der Waals surface area contributed by atoms with E-state index in [9.17, 15) is 9.59 Å². The lowest BCUT2D eigenvalue weighted by Crippen LogP contribution is -2.28. The Morgan fingerprint density at radius 3 is 2.61 bits per heavy atom. The van der Waals surface area contributed by atoms with Crippen LogP contribution >= 0.6 is 0 Å². The van der Waals surface area contributed by atoms with Crippen LogP contribution in [-0.4, -0.2) is 28.1 Å². The Labute approximate surface area is 195 Å². The number of hydrogen-bond acceptors (Lipinski definition) is 4. The van der Waals surface area contributed by atoms with Crippen molar-refractivity contribution in [2.24, 2.45) is 5.92 Å². The standard InChI is InChI=1S/C26H32N4O3/c1-6-30-15-22(24(29-30)26(32)27-14-17(2)3)28-25(31)21-9-7-8-20(13-21)16-33-23-12-18(4)10-11-19(23)5/h7-13,15,17H,6,14,16H2,1-5H3,(H,27,32)(H,28,31). The highest BCUT2D eigenvalue weighted by molar-refractivity contribution is 6.08. The maximum absolute atomic E-state index is 13.0. The van der Waals surface area contributed by atoms with E-state index in [0.717, 1.165) is 22.4 Å². The van der Waals surface area contributed by atoms with Gasteiger partial charge in [0.15, 0.2) is 5.69 Å². The predicted octanol–water partition coefficient (Wildman–Crippen LogP) is 4.74. The first-order valence-corrected chi connectivity index (χ1v) is 11.2. The fraction of sp³-hybridized carbons (Fsp3) is 0.346. The first-order chi connectivity index (χ1) is 15.8. The van der Waals surface area contributed by atoms with Crippen LogP contribution in [0.25, 0.3) is 0 Å². The molecule has 0 radical (unpaired) electrons. The van der Waals surface area contributed by atoms with Gasteiger partial charge in [-0.05, 0) is 61.6 Å². The zero-order chi connectivity index (χ0) is 24.0. The number of nitrogens with zero attached hydrogens (tertiary/aromatic N) is 2. The van der Waals surface area contributed by atoms with Crippen molar-refractivity contribution < 1.29 is 14.3 Å². The lowest BCUT2D eigenvalue weighted by molar-refractivity contribution is 0.0944. The van der Waals surface area contributed by atoms with Crippen LogP contribution in [-0.2, 0) is 13.2 Å². The Morgan fingerprint density at radius 1 is 1.09 bits per heavy atom. The molecular formula is C26H32N4O3. The molecule has 0 aliphatic heterocycles. The lowest BCUT2D eigenvalue weighted by Gasteiger charge is -2.11. The van der Waals surface area contributed by atoms with E-state index >= 15 is 0 Å². The van der Waals surface area contributed by atoms with Gasteiger partial charge in [-0.2, -0.15) is 5.10 Å². The average molecular weight is 449 g/mol. The fourth-order valence-electron chi connectivity index (χ4n) is 3.24. The molecule has 174 valence electrons. The highest BCUT2D eigenvalue weighted by Crippen LogP contribution is 2.21. The molecule has 3 rings (SSSR count). The van der Waals surface area contributed by atoms with E-state index in [1.54, 1.807) is 23.0 Å². The van der Waals surface area contributed by atoms with Crippen molar-refractivity contribution >= 4 is 17.5 Å². The predicted molar refractivity (Wildman–Crippen MR) is 130 cm³/mol. The molecule has 0 aliphatic carbocycles. The van der Waals surface area contributed by atoms with Gasteiger partial charge in [0.25, 0.3) is 11.8 Å². The van der Waals surface area contributed by atoms with Crippen LogP contribution in [0.3, 0.4) is 0 Å². The maximum atomic E-state index is 13.0. The number of rotatable bonds is 9. The Morgan fingerprint density at radius 2 is 1.88 bits per heavy atom. The van der Waals surface area contributed by atoms with Gasteiger partial charge < -0.3 is 15.4 Å². The number of nitrogens with one attached hydrogen (secondary N) is 2. The van der Waals surface area contributed by atoms with E-state index in [-0.39, 0.29) is 17.5 Å². The van der Waals surface area contributed by atoms with Gasteiger partial charge >= 0.3 is 0 Å². The third-order valence-electron chi connectivity index (χ3n) is 5.15. The maximum Gasteiger partial charge on any atom is 0.273 e. The van der Waals surface area contributed by atoms with Gasteiger partial charge in [0.05, 0.1) is 5.69 Å². The SMILES string of the molecule is CCn1cc(NC(=O)c2cccc(COc3cc(C)ccc3C)c2)c(C(=O)NCC(C)C)n1. The second-order valence-electron chi connectivity index (χ2n) is 8.56. The minimum atomic E-state index is -0.308. The summed E-state index contributed by atoms with van der Waals surface area (Å²) in [7, 11) is 0. The molecule has 1 aromatic heterocycles. The minimum Gasteiger partial charge on any atom is -0.489 e. The molecule has 2 aromatic carbocycles. The molecule has 1 heterocycles. The van der Waals surface area contributed by atoms with Crippen LogP contribution in [0.1, 0.15) is 58.3 Å². The van der Waals surface area contributed by atoms with Gasteiger partial charge in [-0.15, -0.1) is 0 Å². The molecule has 2 N–H and O–H groups in total. The number of hydrogen-bond donors (Lipinski definition) is 2. The topological polar surface area (TPSA) is 85.2 Å². The third-order valence-corrected chi connectivity index (χ3v) is 5.15. The molecule has 0 aliphatic rings. The molecule has 0 atom stereocenters. The summed E-state index contributed by atoms with van der Waals surface area (Å²) in [5.74, 6) is 0.529. The van der Waals surface area contributed by atoms with Crippen molar-refractivity contribution in [2.45, 2.75) is 47.8 Å². The zero-order valence-corrected chi connectivity index (χ0v) is 19.9. The molecule has 0 saturated heterocycles. The van der Waals surface area contributed by atoms with Crippen molar-refractivity contribution in [3.05, 3.63) is 76.6 Å². The fourth-order valence-corrected chi connectivity index (χ4v) is 3.24. The van der Waals surface area contributed by atoms with Gasteiger partial charge in [0, 0.05) is 24.8 Å². The number of amides is 2. The Hall–Kier alpha value is -3.61. The monoisotopic (exact) mass is 448 g/mol. The molecule has 2 amide bonds. The quantitative estimate of drug-likeness (QED) is 0.495. The van der Waals surface area contributed by atoms with E-state index in [1.165, 1.54) is 0 Å². The normalized spacial score (nSPS) is 10.8. The third kappa shape index (κ3) is 6.44. The summed E-state index contributed by atoms with van der Waals surface area (Å²) in [6.07, 6.45) is 1.68. The summed E-state index contributed by atoms with van der Waals surface area (Å²) in [6.45, 7) is 11.5. The smallest absolute Gasteiger partial charge is 0.273 e. The average Bonchev–Trinajstić information content (AvgIpc) is 3.21.